The van der Waals surface area contributed by atoms with Crippen molar-refractivity contribution in [3.05, 3.63) is 35.0 Å². The number of para-hydroxylation sites is 1. The highest BCUT2D eigenvalue weighted by Crippen LogP contribution is 2.38. The van der Waals surface area contributed by atoms with Gasteiger partial charge in [0.1, 0.15) is 0 Å². The summed E-state index contributed by atoms with van der Waals surface area (Å²) in [5, 5.41) is 5.33. The summed E-state index contributed by atoms with van der Waals surface area (Å²) in [6, 6.07) is 4.19. The molecule has 7 heteroatoms. The fraction of sp³-hybridized carbons (Fsp3) is 0.375. The van der Waals surface area contributed by atoms with Gasteiger partial charge in [0.05, 0.1) is 32.4 Å². The smallest absolute Gasteiger partial charge is 0.338 e. The molecule has 0 aliphatic carbocycles. The minimum atomic E-state index is -0.687. The summed E-state index contributed by atoms with van der Waals surface area (Å²) in [5.74, 6) is 0.475. The number of allylic oxidation sites excluding steroid dienone is 1. The van der Waals surface area contributed by atoms with Gasteiger partial charge in [-0.25, -0.2) is 9.59 Å². The van der Waals surface area contributed by atoms with Gasteiger partial charge in [0.25, 0.3) is 0 Å². The minimum absolute atomic E-state index is 0.242. The van der Waals surface area contributed by atoms with E-state index in [1.165, 1.54) is 14.2 Å². The Morgan fingerprint density at radius 2 is 2.00 bits per heavy atom. The van der Waals surface area contributed by atoms with Crippen LogP contribution in [0.1, 0.15) is 25.5 Å². The molecule has 2 N–H and O–H groups in total. The molecule has 2 rings (SSSR count). The number of rotatable bonds is 5. The average Bonchev–Trinajstić information content (AvgIpc) is 2.53. The number of nitrogens with one attached hydrogen (secondary N) is 2. The van der Waals surface area contributed by atoms with Crippen LogP contribution in [0.25, 0.3) is 0 Å². The second-order valence-corrected chi connectivity index (χ2v) is 4.87. The molecule has 1 aromatic rings. The van der Waals surface area contributed by atoms with E-state index in [9.17, 15) is 9.59 Å². The van der Waals surface area contributed by atoms with E-state index in [4.69, 9.17) is 14.2 Å². The van der Waals surface area contributed by atoms with Crippen LogP contribution in [0.5, 0.6) is 11.5 Å². The third-order valence-electron chi connectivity index (χ3n) is 3.51. The molecule has 0 radical (unpaired) electrons. The number of carbonyl (C=O) groups excluding carboxylic acids is 2. The first-order chi connectivity index (χ1) is 11.0. The maximum absolute atomic E-state index is 12.3. The van der Waals surface area contributed by atoms with Crippen LogP contribution >= 0.6 is 0 Å². The molecule has 2 amide bonds. The van der Waals surface area contributed by atoms with Gasteiger partial charge in [-0.3, -0.25) is 0 Å². The van der Waals surface area contributed by atoms with Crippen LogP contribution in [-0.2, 0) is 9.53 Å². The fourth-order valence-corrected chi connectivity index (χ4v) is 2.55. The van der Waals surface area contributed by atoms with Crippen LogP contribution in [0.4, 0.5) is 4.79 Å². The van der Waals surface area contributed by atoms with Gasteiger partial charge in [0.15, 0.2) is 11.5 Å². The van der Waals surface area contributed by atoms with E-state index in [-0.39, 0.29) is 6.61 Å². The van der Waals surface area contributed by atoms with Gasteiger partial charge in [-0.05, 0) is 19.9 Å². The Bertz CT molecular complexity index is 654. The number of carbonyl (C=O) groups is 2. The highest BCUT2D eigenvalue weighted by atomic mass is 16.5. The van der Waals surface area contributed by atoms with Gasteiger partial charge in [-0.15, -0.1) is 0 Å². The second-order valence-electron chi connectivity index (χ2n) is 4.87. The normalized spacial score (nSPS) is 17.2. The Kier molecular flexibility index (Phi) is 5.10. The lowest BCUT2D eigenvalue weighted by atomic mass is 9.94. The zero-order valence-electron chi connectivity index (χ0n) is 13.6. The van der Waals surface area contributed by atoms with E-state index in [0.717, 1.165) is 0 Å². The van der Waals surface area contributed by atoms with Crippen LogP contribution in [0.2, 0.25) is 0 Å². The summed E-state index contributed by atoms with van der Waals surface area (Å²) < 4.78 is 15.8. The van der Waals surface area contributed by atoms with E-state index in [0.29, 0.717) is 28.3 Å². The van der Waals surface area contributed by atoms with E-state index in [2.05, 4.69) is 10.6 Å². The summed E-state index contributed by atoms with van der Waals surface area (Å²) in [7, 11) is 3.03. The molecule has 1 aliphatic rings. The standard InChI is InChI=1S/C16H20N2O5/c1-5-23-15(19)12-9(2)17-16(20)18-13(12)10-7-6-8-11(21-3)14(10)22-4/h6-8,13H,5H2,1-4H3,(H2,17,18,20)/t13-/m0/s1. The number of ether oxygens (including phenoxy) is 3. The molecule has 0 saturated carbocycles. The molecule has 0 unspecified atom stereocenters. The molecule has 0 aromatic heterocycles. The number of hydrogen-bond acceptors (Lipinski definition) is 5. The van der Waals surface area contributed by atoms with Crippen molar-refractivity contribution in [2.45, 2.75) is 19.9 Å². The van der Waals surface area contributed by atoms with Crippen molar-refractivity contribution in [1.29, 1.82) is 0 Å². The highest BCUT2D eigenvalue weighted by molar-refractivity contribution is 5.95. The third-order valence-corrected chi connectivity index (χ3v) is 3.51. The minimum Gasteiger partial charge on any atom is -0.493 e. The SMILES string of the molecule is CCOC(=O)C1=C(C)NC(=O)N[C@H]1c1cccc(OC)c1OC. The zero-order valence-corrected chi connectivity index (χ0v) is 13.6. The Labute approximate surface area is 134 Å². The first-order valence-corrected chi connectivity index (χ1v) is 7.19. The number of hydrogen-bond donors (Lipinski definition) is 2. The van der Waals surface area contributed by atoms with Gasteiger partial charge in [0, 0.05) is 11.3 Å². The van der Waals surface area contributed by atoms with Crippen molar-refractivity contribution in [2.24, 2.45) is 0 Å². The first-order valence-electron chi connectivity index (χ1n) is 7.19. The molecule has 1 aromatic carbocycles. The van der Waals surface area contributed by atoms with Gasteiger partial charge >= 0.3 is 12.0 Å². The quantitative estimate of drug-likeness (QED) is 0.809. The summed E-state index contributed by atoms with van der Waals surface area (Å²) >= 11 is 0. The summed E-state index contributed by atoms with van der Waals surface area (Å²) in [6.45, 7) is 3.62. The predicted molar refractivity (Wildman–Crippen MR) is 83.3 cm³/mol. The topological polar surface area (TPSA) is 85.9 Å². The Hall–Kier alpha value is -2.70. The van der Waals surface area contributed by atoms with Crippen LogP contribution in [-0.4, -0.2) is 32.8 Å². The van der Waals surface area contributed by atoms with Crippen LogP contribution in [0.3, 0.4) is 0 Å². The van der Waals surface area contributed by atoms with Crippen molar-refractivity contribution in [2.75, 3.05) is 20.8 Å². The molecular formula is C16H20N2O5. The fourth-order valence-electron chi connectivity index (χ4n) is 2.55. The molecule has 1 heterocycles. The lowest BCUT2D eigenvalue weighted by Crippen LogP contribution is -2.45. The number of benzene rings is 1. The first kappa shape index (κ1) is 16.7. The molecule has 7 nitrogen and oxygen atoms in total. The maximum Gasteiger partial charge on any atom is 0.338 e. The maximum atomic E-state index is 12.3. The van der Waals surface area contributed by atoms with Gasteiger partial charge < -0.3 is 24.8 Å². The van der Waals surface area contributed by atoms with Gasteiger partial charge in [0.2, 0.25) is 0 Å². The lowest BCUT2D eigenvalue weighted by molar-refractivity contribution is -0.139. The van der Waals surface area contributed by atoms with E-state index < -0.39 is 18.0 Å². The van der Waals surface area contributed by atoms with Crippen LogP contribution in [0.15, 0.2) is 29.5 Å². The number of methoxy groups -OCH3 is 2. The number of amides is 2. The molecule has 0 spiro atoms. The monoisotopic (exact) mass is 320 g/mol. The molecular weight excluding hydrogens is 300 g/mol. The van der Waals surface area contributed by atoms with Crippen molar-refractivity contribution < 1.29 is 23.8 Å². The second kappa shape index (κ2) is 7.04. The van der Waals surface area contributed by atoms with Crippen molar-refractivity contribution in [1.82, 2.24) is 10.6 Å². The van der Waals surface area contributed by atoms with E-state index in [1.54, 1.807) is 32.0 Å². The summed E-state index contributed by atoms with van der Waals surface area (Å²) in [4.78, 5) is 24.2. The molecule has 124 valence electrons. The summed E-state index contributed by atoms with van der Waals surface area (Å²) in [6.07, 6.45) is 0. The highest BCUT2D eigenvalue weighted by Gasteiger charge is 2.34. The molecule has 0 bridgehead atoms. The van der Waals surface area contributed by atoms with E-state index >= 15 is 0 Å². The number of urea groups is 1. The molecule has 23 heavy (non-hydrogen) atoms. The van der Waals surface area contributed by atoms with E-state index in [1.807, 2.05) is 0 Å². The van der Waals surface area contributed by atoms with Crippen LogP contribution in [0, 0.1) is 0 Å². The zero-order chi connectivity index (χ0) is 17.0. The number of esters is 1. The molecule has 1 atom stereocenters. The lowest BCUT2D eigenvalue weighted by Gasteiger charge is -2.29. The van der Waals surface area contributed by atoms with Crippen molar-refractivity contribution in [3.63, 3.8) is 0 Å². The van der Waals surface area contributed by atoms with Gasteiger partial charge in [-0.1, -0.05) is 12.1 Å². The largest absolute Gasteiger partial charge is 0.493 e. The molecule has 1 aliphatic heterocycles. The third kappa shape index (κ3) is 3.23. The Balaban J connectivity index is 2.57. The van der Waals surface area contributed by atoms with Crippen molar-refractivity contribution in [3.8, 4) is 11.5 Å². The molecule has 0 saturated heterocycles. The van der Waals surface area contributed by atoms with Gasteiger partial charge in [-0.2, -0.15) is 0 Å². The Morgan fingerprint density at radius 3 is 2.61 bits per heavy atom. The van der Waals surface area contributed by atoms with Crippen LogP contribution < -0.4 is 20.1 Å². The molecule has 0 fully saturated rings. The Morgan fingerprint density at radius 1 is 1.26 bits per heavy atom. The predicted octanol–water partition coefficient (Wildman–Crippen LogP) is 1.89. The van der Waals surface area contributed by atoms with Crippen molar-refractivity contribution >= 4 is 12.0 Å². The summed E-state index contributed by atoms with van der Waals surface area (Å²) in [5.41, 5.74) is 1.39. The average molecular weight is 320 g/mol.